The maximum absolute atomic E-state index is 6.15. The molecule has 0 amide bonds. The molecule has 136 valence electrons. The number of nitrogens with zero attached hydrogens (tertiary/aromatic N) is 2. The first-order chi connectivity index (χ1) is 12.4. The number of likely N-dealkylation sites (tertiary alicyclic amines) is 1. The van der Waals surface area contributed by atoms with Crippen molar-refractivity contribution in [1.29, 1.82) is 0 Å². The standard InChI is InChI=1S/C20H28BN5/c1-13(11-24-16-5-7-26(2)8-6-16)14-9-18(20(23)25-12-14)17-4-3-15(22)10-19(17)21/h3-4,9-12,16,24H,5-8,21-22H2,1-2H3,(H2,23,25)/b13-11+. The lowest BCUT2D eigenvalue weighted by molar-refractivity contribution is 0.244. The minimum atomic E-state index is 0.540. The molecule has 1 fully saturated rings. The van der Waals surface area contributed by atoms with Crippen LogP contribution in [0.15, 0.2) is 36.7 Å². The third-order valence-corrected chi connectivity index (χ3v) is 5.17. The van der Waals surface area contributed by atoms with Crippen LogP contribution < -0.4 is 22.2 Å². The molecule has 5 N–H and O–H groups in total. The lowest BCUT2D eigenvalue weighted by atomic mass is 9.86. The fraction of sp³-hybridized carbons (Fsp3) is 0.350. The minimum Gasteiger partial charge on any atom is -0.399 e. The average molecular weight is 349 g/mol. The summed E-state index contributed by atoms with van der Waals surface area (Å²) in [6.07, 6.45) is 6.31. The van der Waals surface area contributed by atoms with Crippen LogP contribution in [0.25, 0.3) is 16.7 Å². The van der Waals surface area contributed by atoms with Gasteiger partial charge in [0.2, 0.25) is 0 Å². The van der Waals surface area contributed by atoms with Gasteiger partial charge in [-0.2, -0.15) is 0 Å². The van der Waals surface area contributed by atoms with Crippen molar-refractivity contribution < 1.29 is 0 Å². The van der Waals surface area contributed by atoms with Crippen LogP contribution in [0.5, 0.6) is 0 Å². The van der Waals surface area contributed by atoms with Gasteiger partial charge in [0.15, 0.2) is 0 Å². The maximum Gasteiger partial charge on any atom is 0.140 e. The van der Waals surface area contributed by atoms with Crippen LogP contribution in [0, 0.1) is 0 Å². The number of nitrogens with one attached hydrogen (secondary N) is 1. The zero-order valence-electron chi connectivity index (χ0n) is 15.9. The van der Waals surface area contributed by atoms with E-state index < -0.39 is 0 Å². The summed E-state index contributed by atoms with van der Waals surface area (Å²) < 4.78 is 0. The van der Waals surface area contributed by atoms with Gasteiger partial charge in [0, 0.05) is 29.7 Å². The monoisotopic (exact) mass is 349 g/mol. The summed E-state index contributed by atoms with van der Waals surface area (Å²) in [5.74, 6) is 0.540. The second-order valence-electron chi connectivity index (χ2n) is 7.30. The van der Waals surface area contributed by atoms with Crippen LogP contribution >= 0.6 is 0 Å². The Morgan fingerprint density at radius 3 is 2.65 bits per heavy atom. The van der Waals surface area contributed by atoms with Crippen molar-refractivity contribution in [2.75, 3.05) is 31.6 Å². The minimum absolute atomic E-state index is 0.540. The smallest absolute Gasteiger partial charge is 0.140 e. The Morgan fingerprint density at radius 2 is 1.96 bits per heavy atom. The van der Waals surface area contributed by atoms with Crippen molar-refractivity contribution in [3.8, 4) is 11.1 Å². The molecular formula is C20H28BN5. The molecule has 0 aliphatic carbocycles. The molecule has 2 heterocycles. The van der Waals surface area contributed by atoms with Gasteiger partial charge in [-0.05, 0) is 74.8 Å². The highest BCUT2D eigenvalue weighted by atomic mass is 15.1. The van der Waals surface area contributed by atoms with E-state index in [0.29, 0.717) is 11.9 Å². The second kappa shape index (κ2) is 7.83. The van der Waals surface area contributed by atoms with E-state index in [0.717, 1.165) is 46.5 Å². The summed E-state index contributed by atoms with van der Waals surface area (Å²) in [6, 6.07) is 8.53. The number of hydrogen-bond acceptors (Lipinski definition) is 5. The Balaban J connectivity index is 1.81. The molecule has 0 bridgehead atoms. The van der Waals surface area contributed by atoms with Gasteiger partial charge in [-0.25, -0.2) is 4.98 Å². The number of aromatic nitrogens is 1. The number of pyridine rings is 1. The SMILES string of the molecule is Bc1cc(N)ccc1-c1cc(/C(C)=C/NC2CCN(C)CC2)cnc1N. The highest BCUT2D eigenvalue weighted by Gasteiger charge is 2.15. The Hall–Kier alpha value is -2.47. The van der Waals surface area contributed by atoms with Crippen molar-refractivity contribution in [2.24, 2.45) is 0 Å². The Bertz CT molecular complexity index is 810. The van der Waals surface area contributed by atoms with Crippen LogP contribution in [0.4, 0.5) is 11.5 Å². The quantitative estimate of drug-likeness (QED) is 0.571. The number of benzene rings is 1. The van der Waals surface area contributed by atoms with E-state index in [1.807, 2.05) is 32.2 Å². The number of piperidine rings is 1. The number of hydrogen-bond donors (Lipinski definition) is 3. The van der Waals surface area contributed by atoms with Crippen LogP contribution in [0.3, 0.4) is 0 Å². The fourth-order valence-electron chi connectivity index (χ4n) is 3.40. The Kier molecular flexibility index (Phi) is 5.52. The van der Waals surface area contributed by atoms with E-state index >= 15 is 0 Å². The number of rotatable bonds is 4. The zero-order valence-corrected chi connectivity index (χ0v) is 15.9. The molecule has 5 nitrogen and oxygen atoms in total. The van der Waals surface area contributed by atoms with Gasteiger partial charge in [0.05, 0.1) is 0 Å². The summed E-state index contributed by atoms with van der Waals surface area (Å²) in [4.78, 5) is 6.79. The van der Waals surface area contributed by atoms with E-state index in [-0.39, 0.29) is 0 Å². The van der Waals surface area contributed by atoms with Crippen molar-refractivity contribution in [3.05, 3.63) is 42.2 Å². The first kappa shape index (κ1) is 18.3. The molecule has 1 aliphatic heterocycles. The topological polar surface area (TPSA) is 80.2 Å². The van der Waals surface area contributed by atoms with E-state index in [1.165, 1.54) is 12.8 Å². The lowest BCUT2D eigenvalue weighted by Gasteiger charge is -2.29. The molecule has 2 aromatic rings. The van der Waals surface area contributed by atoms with Crippen molar-refractivity contribution in [1.82, 2.24) is 15.2 Å². The molecular weight excluding hydrogens is 321 g/mol. The van der Waals surface area contributed by atoms with Crippen molar-refractivity contribution in [2.45, 2.75) is 25.8 Å². The van der Waals surface area contributed by atoms with Gasteiger partial charge >= 0.3 is 0 Å². The second-order valence-corrected chi connectivity index (χ2v) is 7.30. The van der Waals surface area contributed by atoms with E-state index in [4.69, 9.17) is 11.5 Å². The van der Waals surface area contributed by atoms with Crippen LogP contribution in [-0.2, 0) is 0 Å². The third kappa shape index (κ3) is 4.19. The summed E-state index contributed by atoms with van der Waals surface area (Å²) in [5.41, 5.74) is 18.1. The van der Waals surface area contributed by atoms with E-state index in [2.05, 4.69) is 41.4 Å². The zero-order chi connectivity index (χ0) is 18.7. The number of nitrogen functional groups attached to an aromatic ring is 2. The normalized spacial score (nSPS) is 16.6. The molecule has 3 rings (SSSR count). The fourth-order valence-corrected chi connectivity index (χ4v) is 3.40. The molecule has 0 spiro atoms. The summed E-state index contributed by atoms with van der Waals surface area (Å²) in [5, 5.41) is 3.57. The van der Waals surface area contributed by atoms with Crippen LogP contribution in [0.1, 0.15) is 25.3 Å². The lowest BCUT2D eigenvalue weighted by Crippen LogP contribution is -2.38. The van der Waals surface area contributed by atoms with Gasteiger partial charge in [0.25, 0.3) is 0 Å². The van der Waals surface area contributed by atoms with Crippen molar-refractivity contribution >= 4 is 30.4 Å². The van der Waals surface area contributed by atoms with Gasteiger partial charge in [0.1, 0.15) is 13.7 Å². The average Bonchev–Trinajstić information content (AvgIpc) is 2.62. The molecule has 0 atom stereocenters. The molecule has 0 unspecified atom stereocenters. The van der Waals surface area contributed by atoms with Crippen LogP contribution in [0.2, 0.25) is 0 Å². The molecule has 0 saturated carbocycles. The number of nitrogens with two attached hydrogens (primary N) is 2. The highest BCUT2D eigenvalue weighted by molar-refractivity contribution is 6.36. The predicted octanol–water partition coefficient (Wildman–Crippen LogP) is 1.22. The molecule has 1 aromatic carbocycles. The molecule has 1 saturated heterocycles. The number of anilines is 2. The highest BCUT2D eigenvalue weighted by Crippen LogP contribution is 2.27. The largest absolute Gasteiger partial charge is 0.399 e. The first-order valence-electron chi connectivity index (χ1n) is 9.18. The van der Waals surface area contributed by atoms with E-state index in [1.54, 1.807) is 0 Å². The molecule has 1 aromatic heterocycles. The van der Waals surface area contributed by atoms with Gasteiger partial charge in [-0.3, -0.25) is 0 Å². The summed E-state index contributed by atoms with van der Waals surface area (Å²) in [6.45, 7) is 4.40. The number of allylic oxidation sites excluding steroid dienone is 1. The van der Waals surface area contributed by atoms with Crippen LogP contribution in [-0.4, -0.2) is 43.9 Å². The summed E-state index contributed by atoms with van der Waals surface area (Å²) >= 11 is 0. The molecule has 0 radical (unpaired) electrons. The Morgan fingerprint density at radius 1 is 1.23 bits per heavy atom. The summed E-state index contributed by atoms with van der Waals surface area (Å²) in [7, 11) is 4.22. The van der Waals surface area contributed by atoms with Gasteiger partial charge in [-0.1, -0.05) is 11.5 Å². The molecule has 6 heteroatoms. The van der Waals surface area contributed by atoms with Crippen molar-refractivity contribution in [3.63, 3.8) is 0 Å². The molecule has 26 heavy (non-hydrogen) atoms. The van der Waals surface area contributed by atoms with Gasteiger partial charge in [-0.15, -0.1) is 0 Å². The maximum atomic E-state index is 6.15. The molecule has 1 aliphatic rings. The predicted molar refractivity (Wildman–Crippen MR) is 114 cm³/mol. The first-order valence-corrected chi connectivity index (χ1v) is 9.18. The Labute approximate surface area is 156 Å². The third-order valence-electron chi connectivity index (χ3n) is 5.17. The van der Waals surface area contributed by atoms with E-state index in [9.17, 15) is 0 Å². The van der Waals surface area contributed by atoms with Gasteiger partial charge < -0.3 is 21.7 Å².